The summed E-state index contributed by atoms with van der Waals surface area (Å²) in [7, 11) is 0. The summed E-state index contributed by atoms with van der Waals surface area (Å²) in [4.78, 5) is 36.7. The second-order valence-electron chi connectivity index (χ2n) is 9.98. The Bertz CT molecular complexity index is 1110. The quantitative estimate of drug-likeness (QED) is 0.615. The first kappa shape index (κ1) is 24.7. The van der Waals surface area contributed by atoms with E-state index in [0.717, 1.165) is 37.2 Å². The lowest BCUT2D eigenvalue weighted by molar-refractivity contribution is 0.0344. The molecule has 35 heavy (non-hydrogen) atoms. The number of carbonyl (C=O) groups excluding carboxylic acids is 2. The normalized spacial score (nSPS) is 21.5. The summed E-state index contributed by atoms with van der Waals surface area (Å²) in [5.74, 6) is 0.0958. The molecule has 186 valence electrons. The van der Waals surface area contributed by atoms with Crippen LogP contribution in [0.5, 0.6) is 0 Å². The van der Waals surface area contributed by atoms with Gasteiger partial charge < -0.3 is 15.1 Å². The van der Waals surface area contributed by atoms with E-state index < -0.39 is 5.54 Å². The first-order valence-electron chi connectivity index (χ1n) is 12.2. The number of hydrogen-bond donors (Lipinski definition) is 2. The van der Waals surface area contributed by atoms with Crippen molar-refractivity contribution in [2.24, 2.45) is 0 Å². The summed E-state index contributed by atoms with van der Waals surface area (Å²) in [6.07, 6.45) is 4.06. The Hall–Kier alpha value is -3.45. The fourth-order valence-corrected chi connectivity index (χ4v) is 5.04. The van der Waals surface area contributed by atoms with E-state index in [1.165, 1.54) is 0 Å². The van der Waals surface area contributed by atoms with Crippen molar-refractivity contribution in [1.29, 1.82) is 5.26 Å². The van der Waals surface area contributed by atoms with Gasteiger partial charge in [0.2, 0.25) is 0 Å². The Balaban J connectivity index is 1.44. The highest BCUT2D eigenvalue weighted by Gasteiger charge is 2.46. The van der Waals surface area contributed by atoms with Crippen molar-refractivity contribution in [3.05, 3.63) is 41.3 Å². The van der Waals surface area contributed by atoms with Gasteiger partial charge in [0, 0.05) is 43.4 Å². The van der Waals surface area contributed by atoms with E-state index in [-0.39, 0.29) is 24.0 Å². The van der Waals surface area contributed by atoms with Crippen molar-refractivity contribution < 1.29 is 9.59 Å². The standard InChI is InChI=1S/C25H34N8O2/c1-17-15-32(18(2)14-31(17)13-9-5-7-11-26)24(35)33-16-19-21(25(33,3)4)29-30-22(19)28-23(34)20-10-6-8-12-27-20/h6,8,10,12,17-18H,5,7,9,13-16H2,1-4H3,(H2,28,29,30,34)/t17-,18+/m1/s1. The van der Waals surface area contributed by atoms with Crippen LogP contribution in [-0.4, -0.2) is 73.5 Å². The smallest absolute Gasteiger partial charge is 0.319 e. The molecule has 4 heterocycles. The number of anilines is 1. The number of amides is 3. The number of carbonyl (C=O) groups is 2. The van der Waals surface area contributed by atoms with Crippen LogP contribution >= 0.6 is 0 Å². The topological polar surface area (TPSA) is 121 Å². The van der Waals surface area contributed by atoms with Crippen LogP contribution < -0.4 is 5.32 Å². The number of hydrogen-bond acceptors (Lipinski definition) is 6. The van der Waals surface area contributed by atoms with E-state index in [1.807, 2.05) is 23.6 Å². The molecule has 1 saturated heterocycles. The molecule has 1 fully saturated rings. The van der Waals surface area contributed by atoms with Gasteiger partial charge in [-0.3, -0.25) is 19.8 Å². The van der Waals surface area contributed by atoms with Gasteiger partial charge in [-0.25, -0.2) is 4.79 Å². The summed E-state index contributed by atoms with van der Waals surface area (Å²) in [6, 6.07) is 7.68. The molecule has 0 saturated carbocycles. The van der Waals surface area contributed by atoms with Crippen molar-refractivity contribution >= 4 is 17.8 Å². The van der Waals surface area contributed by atoms with Crippen LogP contribution in [-0.2, 0) is 12.1 Å². The van der Waals surface area contributed by atoms with Crippen LogP contribution in [0.15, 0.2) is 24.4 Å². The van der Waals surface area contributed by atoms with Crippen molar-refractivity contribution in [1.82, 2.24) is 29.9 Å². The molecule has 0 aromatic carbocycles. The molecule has 2 aliphatic rings. The van der Waals surface area contributed by atoms with Gasteiger partial charge in [0.15, 0.2) is 5.82 Å². The van der Waals surface area contributed by atoms with Gasteiger partial charge in [0.1, 0.15) is 5.69 Å². The first-order chi connectivity index (χ1) is 16.7. The minimum Gasteiger partial charge on any atom is -0.319 e. The molecule has 2 atom stereocenters. The van der Waals surface area contributed by atoms with Crippen LogP contribution in [0.2, 0.25) is 0 Å². The minimum absolute atomic E-state index is 0.00918. The summed E-state index contributed by atoms with van der Waals surface area (Å²) in [6.45, 7) is 11.0. The van der Waals surface area contributed by atoms with E-state index in [4.69, 9.17) is 5.26 Å². The highest BCUT2D eigenvalue weighted by molar-refractivity contribution is 6.02. The molecule has 0 radical (unpaired) electrons. The zero-order chi connectivity index (χ0) is 25.2. The lowest BCUT2D eigenvalue weighted by Gasteiger charge is -2.46. The van der Waals surface area contributed by atoms with Gasteiger partial charge in [-0.15, -0.1) is 0 Å². The van der Waals surface area contributed by atoms with Crippen molar-refractivity contribution in [3.63, 3.8) is 0 Å². The molecule has 2 aliphatic heterocycles. The van der Waals surface area contributed by atoms with Gasteiger partial charge in [0.25, 0.3) is 5.91 Å². The van der Waals surface area contributed by atoms with Gasteiger partial charge in [-0.1, -0.05) is 6.07 Å². The Morgan fingerprint density at radius 3 is 2.74 bits per heavy atom. The third-order valence-corrected chi connectivity index (χ3v) is 7.17. The third kappa shape index (κ3) is 4.86. The number of H-pyrrole nitrogens is 1. The number of nitriles is 1. The Kier molecular flexibility index (Phi) is 7.08. The van der Waals surface area contributed by atoms with E-state index in [1.54, 1.807) is 24.4 Å². The van der Waals surface area contributed by atoms with Crippen molar-refractivity contribution in [3.8, 4) is 6.07 Å². The van der Waals surface area contributed by atoms with Gasteiger partial charge in [0.05, 0.1) is 23.8 Å². The van der Waals surface area contributed by atoms with E-state index in [0.29, 0.717) is 31.0 Å². The fraction of sp³-hybridized carbons (Fsp3) is 0.560. The number of piperazine rings is 1. The molecule has 10 nitrogen and oxygen atoms in total. The van der Waals surface area contributed by atoms with Crippen molar-refractivity contribution in [2.45, 2.75) is 71.1 Å². The average Bonchev–Trinajstić information content (AvgIpc) is 3.36. The number of rotatable bonds is 6. The average molecular weight is 479 g/mol. The van der Waals surface area contributed by atoms with Crippen LogP contribution in [0.3, 0.4) is 0 Å². The highest BCUT2D eigenvalue weighted by Crippen LogP contribution is 2.41. The van der Waals surface area contributed by atoms with Crippen LogP contribution in [0.25, 0.3) is 0 Å². The van der Waals surface area contributed by atoms with Crippen LogP contribution in [0.1, 0.15) is 68.7 Å². The molecule has 4 rings (SSSR count). The fourth-order valence-electron chi connectivity index (χ4n) is 5.04. The number of fused-ring (bicyclic) bond motifs is 1. The predicted molar refractivity (Wildman–Crippen MR) is 131 cm³/mol. The largest absolute Gasteiger partial charge is 0.321 e. The molecule has 0 spiro atoms. The number of pyridine rings is 1. The van der Waals surface area contributed by atoms with Crippen molar-refractivity contribution in [2.75, 3.05) is 25.0 Å². The SMILES string of the molecule is C[C@@H]1CN(C(=O)N2Cc3c(NC(=O)c4ccccn4)n[nH]c3C2(C)C)[C@@H](C)CN1CCCCC#N. The van der Waals surface area contributed by atoms with Gasteiger partial charge in [-0.2, -0.15) is 10.4 Å². The Morgan fingerprint density at radius 2 is 2.03 bits per heavy atom. The van der Waals surface area contributed by atoms with Gasteiger partial charge in [-0.05, 0) is 59.2 Å². The number of aromatic nitrogens is 3. The summed E-state index contributed by atoms with van der Waals surface area (Å²) in [5.41, 5.74) is 1.37. The number of unbranched alkanes of at least 4 members (excludes halogenated alkanes) is 2. The Labute approximate surface area is 206 Å². The highest BCUT2D eigenvalue weighted by atomic mass is 16.2. The maximum atomic E-state index is 13.8. The molecular formula is C25H34N8O2. The summed E-state index contributed by atoms with van der Waals surface area (Å²) < 4.78 is 0. The molecule has 0 aliphatic carbocycles. The lowest BCUT2D eigenvalue weighted by atomic mass is 10.0. The molecule has 0 unspecified atom stereocenters. The zero-order valence-electron chi connectivity index (χ0n) is 20.9. The zero-order valence-corrected chi connectivity index (χ0v) is 20.9. The van der Waals surface area contributed by atoms with E-state index >= 15 is 0 Å². The number of urea groups is 1. The van der Waals surface area contributed by atoms with E-state index in [2.05, 4.69) is 45.3 Å². The van der Waals surface area contributed by atoms with E-state index in [9.17, 15) is 9.59 Å². The molecular weight excluding hydrogens is 444 g/mol. The summed E-state index contributed by atoms with van der Waals surface area (Å²) in [5, 5.41) is 19.0. The second-order valence-corrected chi connectivity index (χ2v) is 9.98. The maximum Gasteiger partial charge on any atom is 0.321 e. The molecule has 3 amide bonds. The number of aromatic amines is 1. The predicted octanol–water partition coefficient (Wildman–Crippen LogP) is 3.32. The van der Waals surface area contributed by atoms with Crippen LogP contribution in [0, 0.1) is 11.3 Å². The molecule has 2 aromatic rings. The van der Waals surface area contributed by atoms with Crippen LogP contribution in [0.4, 0.5) is 10.6 Å². The Morgan fingerprint density at radius 1 is 1.23 bits per heavy atom. The molecule has 2 N–H and O–H groups in total. The molecule has 2 aromatic heterocycles. The van der Waals surface area contributed by atoms with Gasteiger partial charge >= 0.3 is 6.03 Å². The number of nitrogens with one attached hydrogen (secondary N) is 2. The monoisotopic (exact) mass is 478 g/mol. The molecule has 10 heteroatoms. The lowest BCUT2D eigenvalue weighted by Crippen LogP contribution is -2.61. The summed E-state index contributed by atoms with van der Waals surface area (Å²) >= 11 is 0. The molecule has 0 bridgehead atoms. The minimum atomic E-state index is -0.592. The second kappa shape index (κ2) is 10.0. The first-order valence-corrected chi connectivity index (χ1v) is 12.2. The third-order valence-electron chi connectivity index (χ3n) is 7.17. The maximum absolute atomic E-state index is 13.8. The number of nitrogens with zero attached hydrogens (tertiary/aromatic N) is 6.